The van der Waals surface area contributed by atoms with Crippen LogP contribution in [0, 0.1) is 5.92 Å². The lowest BCUT2D eigenvalue weighted by Gasteiger charge is -2.22. The molecule has 0 spiro atoms. The molecule has 0 saturated carbocycles. The molecule has 5 nitrogen and oxygen atoms in total. The Morgan fingerprint density at radius 1 is 1.27 bits per heavy atom. The monoisotopic (exact) mass is 381 g/mol. The smallest absolute Gasteiger partial charge is 0.360 e. The molecule has 0 atom stereocenters. The van der Waals surface area contributed by atoms with Crippen LogP contribution in [0.5, 0.6) is 0 Å². The number of fused-ring (bicyclic) bond motifs is 1. The number of aromatic nitrogens is 3. The van der Waals surface area contributed by atoms with E-state index in [0.29, 0.717) is 22.1 Å². The van der Waals surface area contributed by atoms with Crippen molar-refractivity contribution in [2.45, 2.75) is 19.0 Å². The zero-order valence-electron chi connectivity index (χ0n) is 13.9. The molecule has 1 fully saturated rings. The number of nitrogens with one attached hydrogen (secondary N) is 2. The van der Waals surface area contributed by atoms with Crippen LogP contribution in [-0.4, -0.2) is 34.2 Å². The fourth-order valence-electron chi connectivity index (χ4n) is 3.08. The van der Waals surface area contributed by atoms with Gasteiger partial charge in [-0.2, -0.15) is 13.2 Å². The average molecular weight is 381 g/mol. The number of anilines is 1. The highest BCUT2D eigenvalue weighted by Gasteiger charge is 2.30. The van der Waals surface area contributed by atoms with Crippen LogP contribution in [0.25, 0.3) is 16.2 Å². The van der Waals surface area contributed by atoms with Gasteiger partial charge in [0.15, 0.2) is 0 Å². The summed E-state index contributed by atoms with van der Waals surface area (Å²) in [5, 5.41) is 11.9. The third-order valence-corrected chi connectivity index (χ3v) is 5.41. The minimum atomic E-state index is -4.36. The van der Waals surface area contributed by atoms with Crippen molar-refractivity contribution in [1.29, 1.82) is 0 Å². The Bertz CT molecular complexity index is 864. The van der Waals surface area contributed by atoms with Gasteiger partial charge in [0.05, 0.1) is 17.5 Å². The maximum absolute atomic E-state index is 12.9. The van der Waals surface area contributed by atoms with Gasteiger partial charge in [0.2, 0.25) is 10.1 Å². The Kier molecular flexibility index (Phi) is 4.58. The highest BCUT2D eigenvalue weighted by molar-refractivity contribution is 7.20. The maximum Gasteiger partial charge on any atom is 0.416 e. The van der Waals surface area contributed by atoms with Gasteiger partial charge >= 0.3 is 6.18 Å². The average Bonchev–Trinajstić information content (AvgIpc) is 3.19. The van der Waals surface area contributed by atoms with E-state index in [1.807, 2.05) is 0 Å². The summed E-state index contributed by atoms with van der Waals surface area (Å²) >= 11 is 1.40. The van der Waals surface area contributed by atoms with Crippen molar-refractivity contribution >= 4 is 21.4 Å². The molecule has 2 N–H and O–H groups in total. The number of piperidine rings is 1. The van der Waals surface area contributed by atoms with Gasteiger partial charge in [-0.15, -0.1) is 5.10 Å². The van der Waals surface area contributed by atoms with Gasteiger partial charge < -0.3 is 10.6 Å². The number of alkyl halides is 3. The second-order valence-corrected chi connectivity index (χ2v) is 7.37. The Labute approximate surface area is 152 Å². The van der Waals surface area contributed by atoms with Gasteiger partial charge in [-0.05, 0) is 44.0 Å². The van der Waals surface area contributed by atoms with E-state index >= 15 is 0 Å². The lowest BCUT2D eigenvalue weighted by atomic mass is 9.98. The lowest BCUT2D eigenvalue weighted by molar-refractivity contribution is -0.137. The first-order valence-electron chi connectivity index (χ1n) is 8.47. The molecule has 1 aliphatic rings. The first-order chi connectivity index (χ1) is 12.5. The van der Waals surface area contributed by atoms with Crippen molar-refractivity contribution in [1.82, 2.24) is 19.9 Å². The fourth-order valence-corrected chi connectivity index (χ4v) is 3.87. The van der Waals surface area contributed by atoms with Crippen molar-refractivity contribution in [2.75, 3.05) is 25.0 Å². The quantitative estimate of drug-likeness (QED) is 0.720. The van der Waals surface area contributed by atoms with Gasteiger partial charge in [-0.3, -0.25) is 0 Å². The molecule has 26 heavy (non-hydrogen) atoms. The van der Waals surface area contributed by atoms with Crippen LogP contribution >= 0.6 is 11.3 Å². The number of benzene rings is 1. The van der Waals surface area contributed by atoms with E-state index in [9.17, 15) is 13.2 Å². The molecule has 0 unspecified atom stereocenters. The summed E-state index contributed by atoms with van der Waals surface area (Å²) in [5.74, 6) is 0.633. The Morgan fingerprint density at radius 3 is 2.81 bits per heavy atom. The van der Waals surface area contributed by atoms with Crippen molar-refractivity contribution < 1.29 is 13.2 Å². The number of rotatable bonds is 4. The number of halogens is 3. The van der Waals surface area contributed by atoms with E-state index in [4.69, 9.17) is 0 Å². The number of imidazole rings is 1. The summed E-state index contributed by atoms with van der Waals surface area (Å²) in [6.07, 6.45) is -0.404. The first kappa shape index (κ1) is 17.3. The van der Waals surface area contributed by atoms with Crippen molar-refractivity contribution in [2.24, 2.45) is 5.92 Å². The van der Waals surface area contributed by atoms with Gasteiger partial charge in [-0.25, -0.2) is 9.50 Å². The van der Waals surface area contributed by atoms with Crippen LogP contribution in [0.4, 0.5) is 18.3 Å². The van der Waals surface area contributed by atoms with E-state index in [1.165, 1.54) is 17.4 Å². The second kappa shape index (κ2) is 6.88. The summed E-state index contributed by atoms with van der Waals surface area (Å²) in [6, 6.07) is 5.19. The molecule has 0 radical (unpaired) electrons. The molecular weight excluding hydrogens is 363 g/mol. The van der Waals surface area contributed by atoms with Crippen molar-refractivity contribution in [3.63, 3.8) is 0 Å². The van der Waals surface area contributed by atoms with Crippen LogP contribution in [0.1, 0.15) is 18.4 Å². The molecule has 1 aliphatic heterocycles. The minimum Gasteiger partial charge on any atom is -0.360 e. The zero-order chi connectivity index (χ0) is 18.1. The third-order valence-electron chi connectivity index (χ3n) is 4.53. The van der Waals surface area contributed by atoms with Crippen LogP contribution in [0.2, 0.25) is 0 Å². The van der Waals surface area contributed by atoms with Crippen LogP contribution in [0.15, 0.2) is 30.5 Å². The summed E-state index contributed by atoms with van der Waals surface area (Å²) in [4.78, 5) is 5.08. The molecular formula is C17H18F3N5S. The summed E-state index contributed by atoms with van der Waals surface area (Å²) < 4.78 is 40.2. The Morgan fingerprint density at radius 2 is 2.08 bits per heavy atom. The molecule has 4 rings (SSSR count). The first-order valence-corrected chi connectivity index (χ1v) is 9.29. The fraction of sp³-hybridized carbons (Fsp3) is 0.412. The van der Waals surface area contributed by atoms with Crippen LogP contribution in [-0.2, 0) is 6.18 Å². The van der Waals surface area contributed by atoms with Gasteiger partial charge in [0.1, 0.15) is 0 Å². The standard InChI is InChI=1S/C17H18F3N5S/c18-17(19,20)13-3-1-2-12(8-13)14-10-25-16(23-14)26-15(24-25)22-9-11-4-6-21-7-5-11/h1-3,8,10-11,21H,4-7,9H2,(H,22,24). The van der Waals surface area contributed by atoms with Gasteiger partial charge in [0, 0.05) is 12.1 Å². The predicted octanol–water partition coefficient (Wildman–Crippen LogP) is 3.89. The third kappa shape index (κ3) is 3.68. The van der Waals surface area contributed by atoms with Crippen LogP contribution in [0.3, 0.4) is 0 Å². The highest BCUT2D eigenvalue weighted by Crippen LogP contribution is 2.32. The normalized spacial score (nSPS) is 16.3. The summed E-state index contributed by atoms with van der Waals surface area (Å²) in [5.41, 5.74) is 0.241. The highest BCUT2D eigenvalue weighted by atomic mass is 32.1. The Hall–Kier alpha value is -2.13. The van der Waals surface area contributed by atoms with E-state index in [0.717, 1.165) is 49.7 Å². The molecule has 138 valence electrons. The van der Waals surface area contributed by atoms with E-state index in [1.54, 1.807) is 16.8 Å². The SMILES string of the molecule is FC(F)(F)c1cccc(-c2cn3nc(NCC4CCNCC4)sc3n2)c1. The van der Waals surface area contributed by atoms with E-state index in [2.05, 4.69) is 20.7 Å². The molecule has 1 aromatic carbocycles. The largest absolute Gasteiger partial charge is 0.416 e. The minimum absolute atomic E-state index is 0.432. The maximum atomic E-state index is 12.9. The molecule has 3 aromatic rings. The summed E-state index contributed by atoms with van der Waals surface area (Å²) in [6.45, 7) is 2.97. The number of nitrogens with zero attached hydrogens (tertiary/aromatic N) is 3. The zero-order valence-corrected chi connectivity index (χ0v) is 14.7. The molecule has 1 saturated heterocycles. The molecule has 0 aliphatic carbocycles. The molecule has 2 aromatic heterocycles. The van der Waals surface area contributed by atoms with Crippen LogP contribution < -0.4 is 10.6 Å². The lowest BCUT2D eigenvalue weighted by Crippen LogP contribution is -2.31. The predicted molar refractivity (Wildman–Crippen MR) is 95.4 cm³/mol. The van der Waals surface area contributed by atoms with Crippen molar-refractivity contribution in [3.05, 3.63) is 36.0 Å². The van der Waals surface area contributed by atoms with Gasteiger partial charge in [-0.1, -0.05) is 23.5 Å². The summed E-state index contributed by atoms with van der Waals surface area (Å²) in [7, 11) is 0. The molecule has 3 heterocycles. The van der Waals surface area contributed by atoms with Crippen molar-refractivity contribution in [3.8, 4) is 11.3 Å². The second-order valence-electron chi connectivity index (χ2n) is 6.41. The Balaban J connectivity index is 1.49. The van der Waals surface area contributed by atoms with Gasteiger partial charge in [0.25, 0.3) is 0 Å². The molecule has 0 amide bonds. The molecule has 0 bridgehead atoms. The number of hydrogen-bond donors (Lipinski definition) is 2. The van der Waals surface area contributed by atoms with E-state index in [-0.39, 0.29) is 0 Å². The topological polar surface area (TPSA) is 54.2 Å². The molecule has 9 heteroatoms. The number of hydrogen-bond acceptors (Lipinski definition) is 5. The van der Waals surface area contributed by atoms with E-state index < -0.39 is 11.7 Å².